The van der Waals surface area contributed by atoms with Gasteiger partial charge in [-0.25, -0.2) is 0 Å². The molecule has 1 aliphatic carbocycles. The number of nitrogens with one attached hydrogen (secondary N) is 1. The Balaban J connectivity index is 1.72. The van der Waals surface area contributed by atoms with Gasteiger partial charge in [-0.15, -0.1) is 0 Å². The topological polar surface area (TPSA) is 41.7 Å². The van der Waals surface area contributed by atoms with Gasteiger partial charge < -0.3 is 4.57 Å². The molecule has 1 aromatic rings. The molecule has 0 aromatic carbocycles. The first-order valence-electron chi connectivity index (χ1n) is 8.22. The van der Waals surface area contributed by atoms with Crippen molar-refractivity contribution in [2.45, 2.75) is 52.5 Å². The number of aliphatic imine (C=N–C) groups is 1. The molecule has 3 rings (SSSR count). The number of hydrogen-bond donors (Lipinski definition) is 1. The molecule has 2 heterocycles. The van der Waals surface area contributed by atoms with E-state index in [0.29, 0.717) is 12.0 Å². The van der Waals surface area contributed by atoms with Crippen LogP contribution in [0.5, 0.6) is 0 Å². The summed E-state index contributed by atoms with van der Waals surface area (Å²) in [5.74, 6) is 1.60. The van der Waals surface area contributed by atoms with Gasteiger partial charge in [0.15, 0.2) is 5.17 Å². The average Bonchev–Trinajstić information content (AvgIpc) is 2.78. The number of rotatable bonds is 2. The third kappa shape index (κ3) is 3.09. The molecule has 1 N–H and O–H groups in total. The van der Waals surface area contributed by atoms with Gasteiger partial charge in [-0.3, -0.25) is 10.4 Å². The van der Waals surface area contributed by atoms with Gasteiger partial charge in [-0.1, -0.05) is 31.5 Å². The van der Waals surface area contributed by atoms with E-state index in [1.54, 1.807) is 11.8 Å². The third-order valence-electron chi connectivity index (χ3n) is 5.07. The van der Waals surface area contributed by atoms with Crippen LogP contribution in [0.4, 0.5) is 0 Å². The Morgan fingerprint density at radius 3 is 2.68 bits per heavy atom. The molecule has 2 atom stereocenters. The highest BCUT2D eigenvalue weighted by atomic mass is 32.2. The summed E-state index contributed by atoms with van der Waals surface area (Å²) in [7, 11) is 2.11. The molecule has 2 unspecified atom stereocenters. The number of amidine groups is 1. The van der Waals surface area contributed by atoms with Gasteiger partial charge in [0.05, 0.1) is 11.8 Å². The van der Waals surface area contributed by atoms with Crippen LogP contribution in [0.3, 0.4) is 0 Å². The summed E-state index contributed by atoms with van der Waals surface area (Å²) >= 11 is 1.78. The fourth-order valence-corrected chi connectivity index (χ4v) is 4.12. The number of aromatic nitrogens is 1. The van der Waals surface area contributed by atoms with Crippen LogP contribution in [-0.2, 0) is 7.05 Å². The van der Waals surface area contributed by atoms with Crippen molar-refractivity contribution in [3.05, 3.63) is 23.0 Å². The monoisotopic (exact) mass is 318 g/mol. The maximum atomic E-state index is 4.91. The Morgan fingerprint density at radius 1 is 1.32 bits per heavy atom. The highest BCUT2D eigenvalue weighted by Crippen LogP contribution is 2.27. The molecule has 22 heavy (non-hydrogen) atoms. The Labute approximate surface area is 137 Å². The molecule has 4 nitrogen and oxygen atoms in total. The second-order valence-electron chi connectivity index (χ2n) is 6.57. The zero-order valence-corrected chi connectivity index (χ0v) is 14.8. The molecule has 0 amide bonds. The fraction of sp³-hybridized carbons (Fsp3) is 0.647. The smallest absolute Gasteiger partial charge is 0.177 e. The largest absolute Gasteiger partial charge is 0.351 e. The lowest BCUT2D eigenvalue weighted by Gasteiger charge is -2.26. The van der Waals surface area contributed by atoms with E-state index in [9.17, 15) is 0 Å². The van der Waals surface area contributed by atoms with Gasteiger partial charge in [0, 0.05) is 29.8 Å². The molecule has 1 fully saturated rings. The molecule has 1 aliphatic heterocycles. The maximum absolute atomic E-state index is 4.91. The molecule has 1 aromatic heterocycles. The first kappa shape index (κ1) is 15.7. The minimum absolute atomic E-state index is 0.473. The van der Waals surface area contributed by atoms with Crippen molar-refractivity contribution in [1.29, 1.82) is 0 Å². The summed E-state index contributed by atoms with van der Waals surface area (Å²) < 4.78 is 2.22. The van der Waals surface area contributed by atoms with E-state index in [-0.39, 0.29) is 0 Å². The molecule has 0 spiro atoms. The van der Waals surface area contributed by atoms with Crippen LogP contribution >= 0.6 is 11.8 Å². The van der Waals surface area contributed by atoms with Crippen molar-refractivity contribution in [2.75, 3.05) is 5.75 Å². The predicted molar refractivity (Wildman–Crippen MR) is 95.9 cm³/mol. The van der Waals surface area contributed by atoms with Gasteiger partial charge in [0.25, 0.3) is 0 Å². The van der Waals surface area contributed by atoms with E-state index in [2.05, 4.69) is 49.0 Å². The lowest BCUT2D eigenvalue weighted by Crippen LogP contribution is -2.29. The SMILES string of the molecule is Cc1cc(C2=NNC(=NC3CCCCC3C)SC2)c(C)n1C. The summed E-state index contributed by atoms with van der Waals surface area (Å²) in [6.07, 6.45) is 5.20. The Bertz CT molecular complexity index is 614. The van der Waals surface area contributed by atoms with Crippen LogP contribution < -0.4 is 5.43 Å². The standard InChI is InChI=1S/C17H26N4S/c1-11-7-5-6-8-15(11)18-17-20-19-16(10-22-17)14-9-12(2)21(4)13(14)3/h9,11,15H,5-8,10H2,1-4H3,(H,18,20). The molecule has 120 valence electrons. The van der Waals surface area contributed by atoms with Crippen LogP contribution in [0.15, 0.2) is 16.2 Å². The molecular weight excluding hydrogens is 292 g/mol. The van der Waals surface area contributed by atoms with Crippen LogP contribution in [0.2, 0.25) is 0 Å². The minimum atomic E-state index is 0.473. The molecule has 5 heteroatoms. The molecule has 0 saturated heterocycles. The third-order valence-corrected chi connectivity index (χ3v) is 5.96. The van der Waals surface area contributed by atoms with Crippen LogP contribution in [0, 0.1) is 19.8 Å². The summed E-state index contributed by atoms with van der Waals surface area (Å²) in [6.45, 7) is 6.62. The van der Waals surface area contributed by atoms with Crippen LogP contribution in [-0.4, -0.2) is 27.2 Å². The van der Waals surface area contributed by atoms with Crippen molar-refractivity contribution in [2.24, 2.45) is 23.1 Å². The first-order valence-corrected chi connectivity index (χ1v) is 9.21. The zero-order chi connectivity index (χ0) is 15.7. The van der Waals surface area contributed by atoms with Gasteiger partial charge in [-0.05, 0) is 38.7 Å². The summed E-state index contributed by atoms with van der Waals surface area (Å²) in [5, 5.41) is 5.58. The maximum Gasteiger partial charge on any atom is 0.177 e. The summed E-state index contributed by atoms with van der Waals surface area (Å²) in [6, 6.07) is 2.70. The minimum Gasteiger partial charge on any atom is -0.351 e. The quantitative estimate of drug-likeness (QED) is 0.905. The number of hydrazone groups is 1. The van der Waals surface area contributed by atoms with Gasteiger partial charge in [-0.2, -0.15) is 5.10 Å². The number of aryl methyl sites for hydroxylation is 1. The van der Waals surface area contributed by atoms with Crippen LogP contribution in [0.1, 0.15) is 49.6 Å². The molecule has 1 saturated carbocycles. The molecular formula is C17H26N4S. The van der Waals surface area contributed by atoms with E-state index in [1.165, 1.54) is 42.6 Å². The van der Waals surface area contributed by atoms with E-state index in [0.717, 1.165) is 16.6 Å². The van der Waals surface area contributed by atoms with E-state index in [1.807, 2.05) is 0 Å². The van der Waals surface area contributed by atoms with E-state index < -0.39 is 0 Å². The van der Waals surface area contributed by atoms with Gasteiger partial charge in [0.2, 0.25) is 0 Å². The average molecular weight is 318 g/mol. The van der Waals surface area contributed by atoms with Crippen molar-refractivity contribution in [3.8, 4) is 0 Å². The number of hydrogen-bond acceptors (Lipinski definition) is 3. The number of nitrogens with zero attached hydrogens (tertiary/aromatic N) is 3. The first-order chi connectivity index (χ1) is 10.6. The molecule has 0 radical (unpaired) electrons. The summed E-state index contributed by atoms with van der Waals surface area (Å²) in [5.41, 5.74) is 8.12. The second-order valence-corrected chi connectivity index (χ2v) is 7.53. The van der Waals surface area contributed by atoms with Gasteiger partial charge in [0.1, 0.15) is 0 Å². The Hall–Kier alpha value is -1.23. The second kappa shape index (κ2) is 6.49. The molecule has 0 bridgehead atoms. The van der Waals surface area contributed by atoms with Crippen LogP contribution in [0.25, 0.3) is 0 Å². The zero-order valence-electron chi connectivity index (χ0n) is 14.0. The predicted octanol–water partition coefficient (Wildman–Crippen LogP) is 3.62. The van der Waals surface area contributed by atoms with Gasteiger partial charge >= 0.3 is 0 Å². The molecule has 2 aliphatic rings. The highest BCUT2D eigenvalue weighted by Gasteiger charge is 2.23. The van der Waals surface area contributed by atoms with Crippen molar-refractivity contribution in [3.63, 3.8) is 0 Å². The van der Waals surface area contributed by atoms with Crippen molar-refractivity contribution < 1.29 is 0 Å². The summed E-state index contributed by atoms with van der Waals surface area (Å²) in [4.78, 5) is 4.91. The lowest BCUT2D eigenvalue weighted by molar-refractivity contribution is 0.333. The number of thioether (sulfide) groups is 1. The van der Waals surface area contributed by atoms with E-state index >= 15 is 0 Å². The Morgan fingerprint density at radius 2 is 2.09 bits per heavy atom. The highest BCUT2D eigenvalue weighted by molar-refractivity contribution is 8.14. The van der Waals surface area contributed by atoms with Crippen molar-refractivity contribution >= 4 is 22.6 Å². The fourth-order valence-electron chi connectivity index (χ4n) is 3.31. The van der Waals surface area contributed by atoms with Crippen molar-refractivity contribution in [1.82, 2.24) is 9.99 Å². The van der Waals surface area contributed by atoms with E-state index in [4.69, 9.17) is 4.99 Å². The normalized spacial score (nSPS) is 27.6. The lowest BCUT2D eigenvalue weighted by atomic mass is 9.86. The Kier molecular flexibility index (Phi) is 4.62.